The average Bonchev–Trinajstić information content (AvgIpc) is 3.55. The molecule has 4 atom stereocenters. The highest BCUT2D eigenvalue weighted by atomic mass is 16.5. The Bertz CT molecular complexity index is 1180. The largest absolute Gasteiger partial charge is 0.481 e. The minimum Gasteiger partial charge on any atom is -0.481 e. The summed E-state index contributed by atoms with van der Waals surface area (Å²) in [6.45, 7) is 5.48. The summed E-state index contributed by atoms with van der Waals surface area (Å²) in [6.07, 6.45) is 6.10. The Morgan fingerprint density at radius 2 is 1.86 bits per heavy atom. The molecule has 9 heteroatoms. The van der Waals surface area contributed by atoms with E-state index in [1.54, 1.807) is 4.90 Å². The fourth-order valence-electron chi connectivity index (χ4n) is 6.43. The van der Waals surface area contributed by atoms with Crippen LogP contribution in [0.25, 0.3) is 11.0 Å². The predicted octanol–water partition coefficient (Wildman–Crippen LogP) is 4.49. The van der Waals surface area contributed by atoms with E-state index in [2.05, 4.69) is 4.57 Å². The van der Waals surface area contributed by atoms with Gasteiger partial charge >= 0.3 is 12.1 Å². The number of carbonyl (C=O) groups excluding carboxylic acids is 2. The van der Waals surface area contributed by atoms with Gasteiger partial charge < -0.3 is 19.3 Å². The van der Waals surface area contributed by atoms with E-state index in [0.717, 1.165) is 73.9 Å². The maximum Gasteiger partial charge on any atom is 0.414 e. The first-order valence-electron chi connectivity index (χ1n) is 13.2. The van der Waals surface area contributed by atoms with Crippen LogP contribution in [0.2, 0.25) is 0 Å². The Morgan fingerprint density at radius 1 is 1.11 bits per heavy atom. The zero-order valence-electron chi connectivity index (χ0n) is 21.4. The van der Waals surface area contributed by atoms with Gasteiger partial charge in [-0.15, -0.1) is 0 Å². The van der Waals surface area contributed by atoms with Crippen molar-refractivity contribution < 1.29 is 24.2 Å². The molecule has 1 aromatic carbocycles. The maximum absolute atomic E-state index is 13.5. The molecule has 3 heterocycles. The second kappa shape index (κ2) is 9.75. The SMILES string of the molecule is COC(=O)N1c2ccc3c(nc(C(C)C(=O)N4CCCC4)n3C3CCCC(C(=O)O)C3)c2CC[C@@H]1C. The van der Waals surface area contributed by atoms with Crippen molar-refractivity contribution in [3.63, 3.8) is 0 Å². The first kappa shape index (κ1) is 24.6. The number of fused-ring (bicyclic) bond motifs is 3. The molecule has 1 aliphatic carbocycles. The second-order valence-corrected chi connectivity index (χ2v) is 10.6. The van der Waals surface area contributed by atoms with Gasteiger partial charge in [0.2, 0.25) is 5.91 Å². The Labute approximate surface area is 211 Å². The number of hydrogen-bond donors (Lipinski definition) is 1. The van der Waals surface area contributed by atoms with E-state index >= 15 is 0 Å². The van der Waals surface area contributed by atoms with E-state index in [4.69, 9.17) is 9.72 Å². The summed E-state index contributed by atoms with van der Waals surface area (Å²) in [4.78, 5) is 46.6. The summed E-state index contributed by atoms with van der Waals surface area (Å²) in [7, 11) is 1.39. The lowest BCUT2D eigenvalue weighted by Gasteiger charge is -2.34. The lowest BCUT2D eigenvalue weighted by Crippen LogP contribution is -2.42. The van der Waals surface area contributed by atoms with Gasteiger partial charge in [0, 0.05) is 30.7 Å². The number of amides is 2. The third-order valence-electron chi connectivity index (χ3n) is 8.39. The number of aliphatic carboxylic acids is 1. The fraction of sp³-hybridized carbons (Fsp3) is 0.630. The van der Waals surface area contributed by atoms with E-state index in [1.807, 2.05) is 30.9 Å². The highest BCUT2D eigenvalue weighted by Crippen LogP contribution is 2.42. The van der Waals surface area contributed by atoms with E-state index < -0.39 is 23.9 Å². The van der Waals surface area contributed by atoms with Crippen molar-refractivity contribution in [3.8, 4) is 0 Å². The third kappa shape index (κ3) is 4.12. The van der Waals surface area contributed by atoms with Crippen molar-refractivity contribution in [2.75, 3.05) is 25.1 Å². The molecule has 194 valence electrons. The number of likely N-dealkylation sites (tertiary alicyclic amines) is 1. The van der Waals surface area contributed by atoms with Crippen LogP contribution >= 0.6 is 0 Å². The smallest absolute Gasteiger partial charge is 0.414 e. The zero-order valence-corrected chi connectivity index (χ0v) is 21.4. The number of carbonyl (C=O) groups is 3. The van der Waals surface area contributed by atoms with Crippen LogP contribution in [0.15, 0.2) is 12.1 Å². The quantitative estimate of drug-likeness (QED) is 0.669. The number of rotatable bonds is 4. The highest BCUT2D eigenvalue weighted by molar-refractivity contribution is 5.96. The van der Waals surface area contributed by atoms with Gasteiger partial charge in [-0.25, -0.2) is 9.78 Å². The number of hydrogen-bond acceptors (Lipinski definition) is 5. The number of methoxy groups -OCH3 is 1. The number of nitrogens with zero attached hydrogens (tertiary/aromatic N) is 4. The minimum atomic E-state index is -0.757. The molecule has 2 aliphatic heterocycles. The molecule has 3 aliphatic rings. The first-order chi connectivity index (χ1) is 17.3. The summed E-state index contributed by atoms with van der Waals surface area (Å²) < 4.78 is 7.23. The van der Waals surface area contributed by atoms with Gasteiger partial charge in [0.15, 0.2) is 0 Å². The van der Waals surface area contributed by atoms with Crippen LogP contribution in [0.4, 0.5) is 10.5 Å². The molecule has 1 aromatic heterocycles. The van der Waals surface area contributed by atoms with Gasteiger partial charge in [-0.3, -0.25) is 14.5 Å². The zero-order chi connectivity index (χ0) is 25.6. The van der Waals surface area contributed by atoms with Crippen LogP contribution in [0.3, 0.4) is 0 Å². The normalized spacial score (nSPS) is 25.0. The molecule has 0 bridgehead atoms. The van der Waals surface area contributed by atoms with E-state index in [9.17, 15) is 19.5 Å². The Balaban J connectivity index is 1.65. The number of imidazole rings is 1. The molecular weight excluding hydrogens is 460 g/mol. The number of carboxylic acid groups (broad SMARTS) is 1. The van der Waals surface area contributed by atoms with Crippen molar-refractivity contribution in [2.45, 2.75) is 83.2 Å². The lowest BCUT2D eigenvalue weighted by atomic mass is 9.85. The minimum absolute atomic E-state index is 0.00860. The van der Waals surface area contributed by atoms with Crippen LogP contribution in [0.5, 0.6) is 0 Å². The van der Waals surface area contributed by atoms with Gasteiger partial charge in [0.05, 0.1) is 35.7 Å². The summed E-state index contributed by atoms with van der Waals surface area (Å²) in [6, 6.07) is 3.91. The second-order valence-electron chi connectivity index (χ2n) is 10.6. The summed E-state index contributed by atoms with van der Waals surface area (Å²) >= 11 is 0. The molecule has 36 heavy (non-hydrogen) atoms. The molecule has 5 rings (SSSR count). The number of carboxylic acids is 1. The molecule has 3 unspecified atom stereocenters. The average molecular weight is 497 g/mol. The van der Waals surface area contributed by atoms with Gasteiger partial charge in [0.1, 0.15) is 5.82 Å². The molecule has 0 spiro atoms. The van der Waals surface area contributed by atoms with Crippen molar-refractivity contribution in [3.05, 3.63) is 23.5 Å². The number of ether oxygens (including phenoxy) is 1. The van der Waals surface area contributed by atoms with E-state index in [1.165, 1.54) is 7.11 Å². The highest BCUT2D eigenvalue weighted by Gasteiger charge is 2.36. The molecule has 0 radical (unpaired) electrons. The van der Waals surface area contributed by atoms with Crippen molar-refractivity contribution >= 4 is 34.7 Å². The van der Waals surface area contributed by atoms with Crippen LogP contribution < -0.4 is 4.90 Å². The molecular formula is C27H36N4O5. The number of benzene rings is 1. The summed E-state index contributed by atoms with van der Waals surface area (Å²) in [5, 5.41) is 9.73. The molecule has 2 aromatic rings. The Kier molecular flexibility index (Phi) is 6.66. The third-order valence-corrected chi connectivity index (χ3v) is 8.39. The topological polar surface area (TPSA) is 105 Å². The Hall–Kier alpha value is -3.10. The lowest BCUT2D eigenvalue weighted by molar-refractivity contribution is -0.143. The maximum atomic E-state index is 13.5. The van der Waals surface area contributed by atoms with Crippen LogP contribution in [0, 0.1) is 5.92 Å². The molecule has 9 nitrogen and oxygen atoms in total. The van der Waals surface area contributed by atoms with Crippen LogP contribution in [0.1, 0.15) is 82.1 Å². The fourth-order valence-corrected chi connectivity index (χ4v) is 6.43. The van der Waals surface area contributed by atoms with Crippen molar-refractivity contribution in [1.82, 2.24) is 14.5 Å². The number of aryl methyl sites for hydroxylation is 1. The van der Waals surface area contributed by atoms with Crippen molar-refractivity contribution in [2.24, 2.45) is 5.92 Å². The van der Waals surface area contributed by atoms with E-state index in [-0.39, 0.29) is 18.0 Å². The Morgan fingerprint density at radius 3 is 2.56 bits per heavy atom. The van der Waals surface area contributed by atoms with Gasteiger partial charge in [-0.2, -0.15) is 0 Å². The van der Waals surface area contributed by atoms with Crippen LogP contribution in [-0.2, 0) is 20.7 Å². The predicted molar refractivity (Wildman–Crippen MR) is 135 cm³/mol. The van der Waals surface area contributed by atoms with Gasteiger partial charge in [-0.1, -0.05) is 6.42 Å². The molecule has 2 fully saturated rings. The van der Waals surface area contributed by atoms with Gasteiger partial charge in [0.25, 0.3) is 0 Å². The number of anilines is 1. The number of aromatic nitrogens is 2. The summed E-state index contributed by atoms with van der Waals surface area (Å²) in [5.74, 6) is -0.808. The monoisotopic (exact) mass is 496 g/mol. The van der Waals surface area contributed by atoms with Crippen LogP contribution in [-0.4, -0.2) is 63.8 Å². The molecule has 1 saturated heterocycles. The standard InChI is InChI=1S/C27H36N4O5/c1-16-9-10-20-21(30(16)27(35)36-3)11-12-22-23(20)28-24(17(2)25(32)29-13-4-5-14-29)31(22)19-8-6-7-18(15-19)26(33)34/h11-12,16-19H,4-10,13-15H2,1-3H3,(H,33,34)/t16-,17?,18?,19?/m0/s1. The molecule has 1 saturated carbocycles. The van der Waals surface area contributed by atoms with E-state index in [0.29, 0.717) is 18.7 Å². The molecule has 1 N–H and O–H groups in total. The van der Waals surface area contributed by atoms with Crippen molar-refractivity contribution in [1.29, 1.82) is 0 Å². The molecule has 2 amide bonds. The first-order valence-corrected chi connectivity index (χ1v) is 13.2. The van der Waals surface area contributed by atoms with Gasteiger partial charge in [-0.05, 0) is 70.9 Å². The summed E-state index contributed by atoms with van der Waals surface area (Å²) in [5.41, 5.74) is 3.51.